The minimum absolute atomic E-state index is 0.0377. The lowest BCUT2D eigenvalue weighted by Gasteiger charge is -2.36. The van der Waals surface area contributed by atoms with E-state index in [0.717, 1.165) is 33.4 Å². The van der Waals surface area contributed by atoms with Crippen molar-refractivity contribution in [3.05, 3.63) is 99.7 Å². The predicted molar refractivity (Wildman–Crippen MR) is 127 cm³/mol. The van der Waals surface area contributed by atoms with E-state index in [1.54, 1.807) is 0 Å². The van der Waals surface area contributed by atoms with E-state index in [1.165, 1.54) is 10.9 Å². The van der Waals surface area contributed by atoms with E-state index in [1.807, 2.05) is 54.3 Å². The molecule has 0 saturated heterocycles. The Kier molecular flexibility index (Phi) is 5.28. The Balaban J connectivity index is 1.61. The fourth-order valence-corrected chi connectivity index (χ4v) is 4.74. The molecule has 1 atom stereocenters. The van der Waals surface area contributed by atoms with E-state index in [-0.39, 0.29) is 11.9 Å². The summed E-state index contributed by atoms with van der Waals surface area (Å²) < 4.78 is 6.59. The van der Waals surface area contributed by atoms with Gasteiger partial charge < -0.3 is 14.6 Å². The number of halogens is 1. The normalized spacial score (nSPS) is 15.7. The van der Waals surface area contributed by atoms with Crippen molar-refractivity contribution in [2.24, 2.45) is 0 Å². The van der Waals surface area contributed by atoms with Crippen molar-refractivity contribution < 1.29 is 9.53 Å². The smallest absolute Gasteiger partial charge is 0.254 e. The van der Waals surface area contributed by atoms with Crippen molar-refractivity contribution in [1.29, 1.82) is 0 Å². The first kappa shape index (κ1) is 19.9. The number of ether oxygens (including phenoxy) is 1. The molecule has 0 unspecified atom stereocenters. The molecule has 1 amide bonds. The average molecular weight is 475 g/mol. The largest absolute Gasteiger partial charge is 0.494 e. The number of carbonyl (C=O) groups excluding carboxylic acids is 1. The van der Waals surface area contributed by atoms with Gasteiger partial charge in [-0.2, -0.15) is 0 Å². The molecule has 0 bridgehead atoms. The van der Waals surface area contributed by atoms with Crippen LogP contribution in [0.4, 0.5) is 0 Å². The number of para-hydroxylation sites is 1. The summed E-state index contributed by atoms with van der Waals surface area (Å²) in [5.41, 5.74) is 5.28. The van der Waals surface area contributed by atoms with Gasteiger partial charge in [-0.1, -0.05) is 46.3 Å². The minimum Gasteiger partial charge on any atom is -0.494 e. The highest BCUT2D eigenvalue weighted by Gasteiger charge is 2.34. The first-order chi connectivity index (χ1) is 15.2. The molecular formula is C26H23BrN2O2. The molecule has 1 aliphatic rings. The minimum atomic E-state index is -0.178. The molecule has 1 N–H and O–H groups in total. The number of carbonyl (C=O) groups is 1. The molecule has 4 aromatic rings. The number of rotatable bonds is 4. The van der Waals surface area contributed by atoms with E-state index in [4.69, 9.17) is 4.74 Å². The number of fused-ring (bicyclic) bond motifs is 3. The average Bonchev–Trinajstić information content (AvgIpc) is 3.18. The second-order valence-corrected chi connectivity index (χ2v) is 8.64. The molecular weight excluding hydrogens is 452 g/mol. The van der Waals surface area contributed by atoms with E-state index in [2.05, 4.69) is 51.2 Å². The fraction of sp³-hybridized carbons (Fsp3) is 0.192. The summed E-state index contributed by atoms with van der Waals surface area (Å²) >= 11 is 3.46. The van der Waals surface area contributed by atoms with Gasteiger partial charge in [0.05, 0.1) is 12.6 Å². The molecule has 4 nitrogen and oxygen atoms in total. The molecule has 156 valence electrons. The molecule has 5 heteroatoms. The van der Waals surface area contributed by atoms with Crippen LogP contribution in [0.5, 0.6) is 5.75 Å². The van der Waals surface area contributed by atoms with Crippen LogP contribution in [0, 0.1) is 0 Å². The molecule has 0 radical (unpaired) electrons. The van der Waals surface area contributed by atoms with Crippen LogP contribution < -0.4 is 4.74 Å². The fourth-order valence-electron chi connectivity index (χ4n) is 4.48. The Morgan fingerprint density at radius 3 is 2.55 bits per heavy atom. The third kappa shape index (κ3) is 3.63. The zero-order valence-electron chi connectivity index (χ0n) is 17.3. The van der Waals surface area contributed by atoms with Crippen LogP contribution in [0.1, 0.15) is 40.1 Å². The summed E-state index contributed by atoms with van der Waals surface area (Å²) in [6.07, 6.45) is 0.829. The van der Waals surface area contributed by atoms with Crippen LogP contribution in [0.15, 0.2) is 77.3 Å². The van der Waals surface area contributed by atoms with Gasteiger partial charge in [0.15, 0.2) is 0 Å². The Bertz CT molecular complexity index is 1230. The molecule has 0 saturated carbocycles. The Labute approximate surface area is 190 Å². The summed E-state index contributed by atoms with van der Waals surface area (Å²) in [7, 11) is 0. The zero-order valence-corrected chi connectivity index (χ0v) is 18.9. The molecule has 1 aromatic heterocycles. The lowest BCUT2D eigenvalue weighted by atomic mass is 9.91. The van der Waals surface area contributed by atoms with E-state index in [9.17, 15) is 4.79 Å². The van der Waals surface area contributed by atoms with Crippen LogP contribution in [-0.2, 0) is 6.42 Å². The zero-order chi connectivity index (χ0) is 21.4. The van der Waals surface area contributed by atoms with Crippen LogP contribution in [-0.4, -0.2) is 28.9 Å². The number of H-pyrrole nitrogens is 1. The molecule has 0 aliphatic carbocycles. The van der Waals surface area contributed by atoms with Crippen LogP contribution >= 0.6 is 15.9 Å². The third-order valence-electron chi connectivity index (χ3n) is 5.89. The number of hydrogen-bond acceptors (Lipinski definition) is 2. The van der Waals surface area contributed by atoms with Crippen molar-refractivity contribution in [2.75, 3.05) is 13.2 Å². The van der Waals surface area contributed by atoms with Gasteiger partial charge in [0.2, 0.25) is 0 Å². The Morgan fingerprint density at radius 2 is 1.81 bits per heavy atom. The number of aromatic nitrogens is 1. The molecule has 2 heterocycles. The number of nitrogens with zero attached hydrogens (tertiary/aromatic N) is 1. The van der Waals surface area contributed by atoms with Gasteiger partial charge in [-0.25, -0.2) is 0 Å². The summed E-state index contributed by atoms with van der Waals surface area (Å²) in [6, 6.07) is 23.9. The lowest BCUT2D eigenvalue weighted by Crippen LogP contribution is -2.40. The quantitative estimate of drug-likeness (QED) is 0.387. The molecule has 31 heavy (non-hydrogen) atoms. The lowest BCUT2D eigenvalue weighted by molar-refractivity contribution is 0.0692. The SMILES string of the molecule is CCOc1ccc([C@@H]2c3[nH]c4ccccc4c3CCN2C(=O)c2ccc(Br)cc2)cc1. The van der Waals surface area contributed by atoms with Crippen molar-refractivity contribution in [2.45, 2.75) is 19.4 Å². The summed E-state index contributed by atoms with van der Waals surface area (Å²) in [5.74, 6) is 0.875. The second-order valence-electron chi connectivity index (χ2n) is 7.72. The van der Waals surface area contributed by atoms with Crippen LogP contribution in [0.3, 0.4) is 0 Å². The highest BCUT2D eigenvalue weighted by Crippen LogP contribution is 2.39. The molecule has 0 fully saturated rings. The van der Waals surface area contributed by atoms with E-state index < -0.39 is 0 Å². The molecule has 5 rings (SSSR count). The van der Waals surface area contributed by atoms with Gasteiger partial charge in [0.25, 0.3) is 5.91 Å². The van der Waals surface area contributed by atoms with Gasteiger partial charge in [-0.3, -0.25) is 4.79 Å². The number of amides is 1. The topological polar surface area (TPSA) is 45.3 Å². The van der Waals surface area contributed by atoms with Crippen molar-refractivity contribution in [1.82, 2.24) is 9.88 Å². The summed E-state index contributed by atoms with van der Waals surface area (Å²) in [4.78, 5) is 19.2. The Hall–Kier alpha value is -3.05. The number of nitrogens with one attached hydrogen (secondary N) is 1. The van der Waals surface area contributed by atoms with Gasteiger partial charge in [-0.15, -0.1) is 0 Å². The maximum absolute atomic E-state index is 13.6. The molecule has 1 aliphatic heterocycles. The highest BCUT2D eigenvalue weighted by molar-refractivity contribution is 9.10. The van der Waals surface area contributed by atoms with Crippen LogP contribution in [0.25, 0.3) is 10.9 Å². The first-order valence-corrected chi connectivity index (χ1v) is 11.3. The first-order valence-electron chi connectivity index (χ1n) is 10.5. The standard InChI is InChI=1S/C26H23BrN2O2/c1-2-31-20-13-9-17(10-14-20)25-24-22(21-5-3-4-6-23(21)28-24)15-16-29(25)26(30)18-7-11-19(27)12-8-18/h3-14,25,28H,2,15-16H2,1H3/t25-/m1/s1. The van der Waals surface area contributed by atoms with Gasteiger partial charge in [-0.05, 0) is 66.9 Å². The van der Waals surface area contributed by atoms with Crippen molar-refractivity contribution in [3.63, 3.8) is 0 Å². The number of hydrogen-bond donors (Lipinski definition) is 1. The predicted octanol–water partition coefficient (Wildman–Crippen LogP) is 6.12. The number of aromatic amines is 1. The molecule has 3 aromatic carbocycles. The van der Waals surface area contributed by atoms with Gasteiger partial charge in [0.1, 0.15) is 5.75 Å². The van der Waals surface area contributed by atoms with Gasteiger partial charge >= 0.3 is 0 Å². The maximum atomic E-state index is 13.6. The van der Waals surface area contributed by atoms with Crippen LogP contribution in [0.2, 0.25) is 0 Å². The molecule has 0 spiro atoms. The monoisotopic (exact) mass is 474 g/mol. The summed E-state index contributed by atoms with van der Waals surface area (Å²) in [6.45, 7) is 3.27. The van der Waals surface area contributed by atoms with Crippen molar-refractivity contribution in [3.8, 4) is 5.75 Å². The summed E-state index contributed by atoms with van der Waals surface area (Å²) in [5, 5.41) is 1.24. The van der Waals surface area contributed by atoms with E-state index >= 15 is 0 Å². The third-order valence-corrected chi connectivity index (χ3v) is 6.42. The number of benzene rings is 3. The second kappa shape index (κ2) is 8.23. The highest BCUT2D eigenvalue weighted by atomic mass is 79.9. The maximum Gasteiger partial charge on any atom is 0.254 e. The van der Waals surface area contributed by atoms with E-state index in [0.29, 0.717) is 18.7 Å². The Morgan fingerprint density at radius 1 is 1.06 bits per heavy atom. The van der Waals surface area contributed by atoms with Crippen molar-refractivity contribution >= 4 is 32.7 Å². The van der Waals surface area contributed by atoms with Gasteiger partial charge in [0, 0.05) is 33.2 Å².